The number of rotatable bonds is 3. The van der Waals surface area contributed by atoms with E-state index in [2.05, 4.69) is 15.3 Å². The summed E-state index contributed by atoms with van der Waals surface area (Å²) in [4.78, 5) is 50.9. The normalized spacial score (nSPS) is 20.8. The molecule has 0 unspecified atom stereocenters. The Hall–Kier alpha value is -3.96. The van der Waals surface area contributed by atoms with Gasteiger partial charge < -0.3 is 20.0 Å². The summed E-state index contributed by atoms with van der Waals surface area (Å²) in [5.41, 5.74) is 1.45. The predicted molar refractivity (Wildman–Crippen MR) is 151 cm³/mol. The number of hydrogen-bond acceptors (Lipinski definition) is 4. The van der Waals surface area contributed by atoms with Crippen molar-refractivity contribution in [2.75, 3.05) is 40.3 Å². The summed E-state index contributed by atoms with van der Waals surface area (Å²) in [6, 6.07) is 7.09. The number of carbonyl (C=O) groups excluding carboxylic acids is 2. The van der Waals surface area contributed by atoms with Gasteiger partial charge >= 0.3 is 17.8 Å². The van der Waals surface area contributed by atoms with E-state index in [0.29, 0.717) is 31.6 Å². The number of benzene rings is 1. The summed E-state index contributed by atoms with van der Waals surface area (Å²) < 4.78 is 30.4. The van der Waals surface area contributed by atoms with Gasteiger partial charge in [-0.3, -0.25) is 9.55 Å². The summed E-state index contributed by atoms with van der Waals surface area (Å²) in [5, 5.41) is 3.11. The Morgan fingerprint density at radius 1 is 1.00 bits per heavy atom. The molecule has 10 nitrogen and oxygen atoms in total. The highest BCUT2D eigenvalue weighted by Crippen LogP contribution is 2.30. The number of nitrogens with zero attached hydrogens (tertiary/aromatic N) is 5. The number of aromatic nitrogens is 3. The lowest BCUT2D eigenvalue weighted by atomic mass is 9.93. The molecule has 2 saturated heterocycles. The Labute approximate surface area is 237 Å². The number of carbonyl (C=O) groups is 2. The molecule has 4 heterocycles. The van der Waals surface area contributed by atoms with Gasteiger partial charge in [-0.15, -0.1) is 0 Å². The van der Waals surface area contributed by atoms with Crippen LogP contribution in [-0.4, -0.2) is 87.6 Å². The van der Waals surface area contributed by atoms with Crippen molar-refractivity contribution in [2.24, 2.45) is 0 Å². The molecule has 2 aliphatic heterocycles. The molecule has 2 fully saturated rings. The first-order chi connectivity index (χ1) is 19.7. The van der Waals surface area contributed by atoms with Crippen molar-refractivity contribution in [3.63, 3.8) is 0 Å². The Balaban J connectivity index is 1.23. The van der Waals surface area contributed by atoms with Gasteiger partial charge in [-0.1, -0.05) is 12.1 Å². The number of amides is 4. The van der Waals surface area contributed by atoms with Crippen molar-refractivity contribution in [2.45, 2.75) is 56.5 Å². The highest BCUT2D eigenvalue weighted by molar-refractivity contribution is 5.76. The maximum absolute atomic E-state index is 14.7. The number of nitrogens with one attached hydrogen (secondary N) is 2. The standard InChI is InChI=1S/C29H37F2N7O3/c1-35(2)29(41)37-17-19(22-9-3-10-23(30)25(22)31)12-13-20(18-37)33-27(39)36-15-5-7-21(8-6-16-36)38-24-11-4-14-32-26(24)34-28(38)40/h3-4,9-11,14,19-21H,5-8,12-13,15-18H2,1-2H3,(H,33,39)(H,32,34,40)/t19-,20-/m1/s1. The first-order valence-electron chi connectivity index (χ1n) is 14.2. The third kappa shape index (κ3) is 6.20. The number of pyridine rings is 1. The molecule has 0 spiro atoms. The monoisotopic (exact) mass is 569 g/mol. The quantitative estimate of drug-likeness (QED) is 0.496. The molecular weight excluding hydrogens is 532 g/mol. The van der Waals surface area contributed by atoms with Crippen LogP contribution in [0.1, 0.15) is 56.0 Å². The molecule has 0 saturated carbocycles. The molecule has 12 heteroatoms. The maximum Gasteiger partial charge on any atom is 0.327 e. The molecule has 0 aliphatic carbocycles. The molecule has 1 aromatic carbocycles. The molecule has 4 amide bonds. The van der Waals surface area contributed by atoms with Gasteiger partial charge in [-0.25, -0.2) is 28.1 Å². The Morgan fingerprint density at radius 2 is 1.76 bits per heavy atom. The van der Waals surface area contributed by atoms with Gasteiger partial charge in [-0.05, 0) is 62.3 Å². The fraction of sp³-hybridized carbons (Fsp3) is 0.517. The van der Waals surface area contributed by atoms with Gasteiger partial charge in [0.15, 0.2) is 17.3 Å². The molecule has 2 N–H and O–H groups in total. The highest BCUT2D eigenvalue weighted by Gasteiger charge is 2.32. The molecule has 2 atom stereocenters. The van der Waals surface area contributed by atoms with Gasteiger partial charge in [0.1, 0.15) is 0 Å². The van der Waals surface area contributed by atoms with Crippen LogP contribution in [0.15, 0.2) is 41.3 Å². The van der Waals surface area contributed by atoms with Crippen molar-refractivity contribution in [1.82, 2.24) is 34.6 Å². The Kier molecular flexibility index (Phi) is 8.55. The fourth-order valence-electron chi connectivity index (χ4n) is 6.18. The molecule has 0 bridgehead atoms. The zero-order valence-corrected chi connectivity index (χ0v) is 23.5. The van der Waals surface area contributed by atoms with E-state index < -0.39 is 17.6 Å². The number of H-pyrrole nitrogens is 1. The number of imidazole rings is 1. The van der Waals surface area contributed by atoms with E-state index in [-0.39, 0.29) is 48.5 Å². The van der Waals surface area contributed by atoms with Gasteiger partial charge in [-0.2, -0.15) is 0 Å². The second kappa shape index (κ2) is 12.3. The van der Waals surface area contributed by atoms with E-state index in [1.165, 1.54) is 11.0 Å². The molecule has 2 aromatic heterocycles. The average Bonchev–Trinajstić information content (AvgIpc) is 3.12. The van der Waals surface area contributed by atoms with Crippen LogP contribution < -0.4 is 11.0 Å². The van der Waals surface area contributed by atoms with Crippen molar-refractivity contribution in [3.8, 4) is 0 Å². The third-order valence-corrected chi connectivity index (χ3v) is 8.22. The third-order valence-electron chi connectivity index (χ3n) is 8.22. The Morgan fingerprint density at radius 3 is 2.49 bits per heavy atom. The van der Waals surface area contributed by atoms with Crippen molar-refractivity contribution >= 4 is 23.2 Å². The van der Waals surface area contributed by atoms with Crippen LogP contribution in [0.25, 0.3) is 11.2 Å². The number of likely N-dealkylation sites (tertiary alicyclic amines) is 2. The fourth-order valence-corrected chi connectivity index (χ4v) is 6.18. The molecular formula is C29H37F2N7O3. The Bertz CT molecular complexity index is 1450. The summed E-state index contributed by atoms with van der Waals surface area (Å²) in [6.45, 7) is 1.60. The van der Waals surface area contributed by atoms with Crippen LogP contribution in [0.2, 0.25) is 0 Å². The van der Waals surface area contributed by atoms with Crippen molar-refractivity contribution < 1.29 is 18.4 Å². The van der Waals surface area contributed by atoms with E-state index in [1.54, 1.807) is 40.7 Å². The summed E-state index contributed by atoms with van der Waals surface area (Å²) in [5.74, 6) is -2.19. The summed E-state index contributed by atoms with van der Waals surface area (Å²) >= 11 is 0. The predicted octanol–water partition coefficient (Wildman–Crippen LogP) is 4.06. The largest absolute Gasteiger partial charge is 0.333 e. The molecule has 3 aromatic rings. The average molecular weight is 570 g/mol. The zero-order chi connectivity index (χ0) is 29.1. The van der Waals surface area contributed by atoms with Crippen LogP contribution in [0.5, 0.6) is 0 Å². The molecule has 220 valence electrons. The van der Waals surface area contributed by atoms with Crippen LogP contribution in [0, 0.1) is 11.6 Å². The highest BCUT2D eigenvalue weighted by atomic mass is 19.2. The van der Waals surface area contributed by atoms with Crippen LogP contribution in [0.4, 0.5) is 18.4 Å². The zero-order valence-electron chi connectivity index (χ0n) is 23.5. The van der Waals surface area contributed by atoms with Gasteiger partial charge in [0, 0.05) is 64.5 Å². The number of hydrogen-bond donors (Lipinski definition) is 2. The summed E-state index contributed by atoms with van der Waals surface area (Å²) in [7, 11) is 3.29. The number of urea groups is 2. The number of halogens is 2. The first kappa shape index (κ1) is 28.6. The first-order valence-corrected chi connectivity index (χ1v) is 14.2. The minimum Gasteiger partial charge on any atom is -0.333 e. The smallest absolute Gasteiger partial charge is 0.327 e. The molecule has 41 heavy (non-hydrogen) atoms. The second-order valence-electron chi connectivity index (χ2n) is 11.2. The van der Waals surface area contributed by atoms with E-state index in [0.717, 1.165) is 37.3 Å². The lowest BCUT2D eigenvalue weighted by Gasteiger charge is -2.32. The molecule has 5 rings (SSSR count). The summed E-state index contributed by atoms with van der Waals surface area (Å²) in [6.07, 6.45) is 5.64. The van der Waals surface area contributed by atoms with Crippen molar-refractivity contribution in [1.29, 1.82) is 0 Å². The minimum absolute atomic E-state index is 0.0262. The van der Waals surface area contributed by atoms with Crippen molar-refractivity contribution in [3.05, 3.63) is 64.2 Å². The van der Waals surface area contributed by atoms with Gasteiger partial charge in [0.25, 0.3) is 0 Å². The van der Waals surface area contributed by atoms with Gasteiger partial charge in [0.2, 0.25) is 0 Å². The lowest BCUT2D eigenvalue weighted by molar-refractivity contribution is 0.161. The second-order valence-corrected chi connectivity index (χ2v) is 11.2. The van der Waals surface area contributed by atoms with Crippen LogP contribution in [0.3, 0.4) is 0 Å². The van der Waals surface area contributed by atoms with Crippen LogP contribution in [-0.2, 0) is 0 Å². The molecule has 0 radical (unpaired) electrons. The molecule has 2 aliphatic rings. The van der Waals surface area contributed by atoms with Gasteiger partial charge in [0.05, 0.1) is 5.52 Å². The minimum atomic E-state index is -0.910. The lowest BCUT2D eigenvalue weighted by Crippen LogP contribution is -2.51. The SMILES string of the molecule is CN(C)C(=O)N1C[C@H](NC(=O)N2CCCC(n3c(=O)[nH]c4ncccc43)CCC2)CC[C@@H](c2cccc(F)c2F)C1. The van der Waals surface area contributed by atoms with E-state index in [9.17, 15) is 23.2 Å². The van der Waals surface area contributed by atoms with E-state index in [4.69, 9.17) is 0 Å². The number of fused-ring (bicyclic) bond motifs is 1. The number of aromatic amines is 1. The topological polar surface area (TPSA) is 107 Å². The van der Waals surface area contributed by atoms with E-state index in [1.807, 2.05) is 12.1 Å². The maximum atomic E-state index is 14.7. The van der Waals surface area contributed by atoms with E-state index >= 15 is 0 Å². The van der Waals surface area contributed by atoms with Crippen LogP contribution >= 0.6 is 0 Å².